The fraction of sp³-hybridized carbons (Fsp3) is 0.231. The first-order valence-electron chi connectivity index (χ1n) is 10.9. The van der Waals surface area contributed by atoms with E-state index < -0.39 is 10.0 Å². The SMILES string of the molecule is Cc1ccc(C(=O)N2CCC(c3ccc(C#N)cc3)CC2)cc1NS(=O)(=O)c1ccccc1. The zero-order chi connectivity index (χ0) is 23.4. The second-order valence-corrected chi connectivity index (χ2v) is 9.93. The summed E-state index contributed by atoms with van der Waals surface area (Å²) in [4.78, 5) is 15.1. The lowest BCUT2D eigenvalue weighted by Crippen LogP contribution is -2.38. The number of nitrogens with one attached hydrogen (secondary N) is 1. The molecule has 4 rings (SSSR count). The average Bonchev–Trinajstić information content (AvgIpc) is 2.85. The molecule has 0 aromatic heterocycles. The Morgan fingerprint density at radius 2 is 1.67 bits per heavy atom. The molecule has 3 aromatic rings. The largest absolute Gasteiger partial charge is 0.339 e. The Bertz CT molecular complexity index is 1290. The van der Waals surface area contributed by atoms with E-state index in [-0.39, 0.29) is 10.8 Å². The molecule has 0 saturated carbocycles. The minimum absolute atomic E-state index is 0.103. The number of carbonyl (C=O) groups is 1. The molecule has 6 nitrogen and oxygen atoms in total. The number of likely N-dealkylation sites (tertiary alicyclic amines) is 1. The fourth-order valence-electron chi connectivity index (χ4n) is 4.10. The van der Waals surface area contributed by atoms with E-state index in [0.29, 0.717) is 35.8 Å². The number of sulfonamides is 1. The van der Waals surface area contributed by atoms with E-state index in [1.54, 1.807) is 43.3 Å². The number of hydrogen-bond acceptors (Lipinski definition) is 4. The predicted octanol–water partition coefficient (Wildman–Crippen LogP) is 4.69. The first-order chi connectivity index (χ1) is 15.9. The van der Waals surface area contributed by atoms with Gasteiger partial charge < -0.3 is 4.90 Å². The maximum atomic E-state index is 13.1. The van der Waals surface area contributed by atoms with Crippen molar-refractivity contribution < 1.29 is 13.2 Å². The quantitative estimate of drug-likeness (QED) is 0.599. The maximum Gasteiger partial charge on any atom is 0.261 e. The van der Waals surface area contributed by atoms with Gasteiger partial charge >= 0.3 is 0 Å². The highest BCUT2D eigenvalue weighted by molar-refractivity contribution is 7.92. The lowest BCUT2D eigenvalue weighted by molar-refractivity contribution is 0.0713. The van der Waals surface area contributed by atoms with Crippen molar-refractivity contribution in [2.24, 2.45) is 0 Å². The molecule has 168 valence electrons. The number of amides is 1. The molecule has 1 aliphatic heterocycles. The number of rotatable bonds is 5. The van der Waals surface area contributed by atoms with Crippen LogP contribution in [0.5, 0.6) is 0 Å². The molecule has 0 spiro atoms. The number of piperidine rings is 1. The van der Waals surface area contributed by atoms with Crippen molar-refractivity contribution in [2.45, 2.75) is 30.6 Å². The van der Waals surface area contributed by atoms with Gasteiger partial charge in [-0.25, -0.2) is 8.42 Å². The molecule has 0 unspecified atom stereocenters. The van der Waals surface area contributed by atoms with Crippen LogP contribution in [0.1, 0.15) is 45.8 Å². The summed E-state index contributed by atoms with van der Waals surface area (Å²) < 4.78 is 28.1. The monoisotopic (exact) mass is 459 g/mol. The van der Waals surface area contributed by atoms with Gasteiger partial charge in [0.15, 0.2) is 0 Å². The molecule has 1 N–H and O–H groups in total. The fourth-order valence-corrected chi connectivity index (χ4v) is 5.24. The van der Waals surface area contributed by atoms with Crippen LogP contribution in [-0.4, -0.2) is 32.3 Å². The summed E-state index contributed by atoms with van der Waals surface area (Å²) in [6.07, 6.45) is 1.69. The van der Waals surface area contributed by atoms with Gasteiger partial charge in [-0.15, -0.1) is 0 Å². The van der Waals surface area contributed by atoms with Crippen LogP contribution in [0.3, 0.4) is 0 Å². The number of anilines is 1. The third kappa shape index (κ3) is 5.07. The zero-order valence-electron chi connectivity index (χ0n) is 18.4. The van der Waals surface area contributed by atoms with E-state index >= 15 is 0 Å². The Morgan fingerprint density at radius 1 is 1.00 bits per heavy atom. The number of hydrogen-bond donors (Lipinski definition) is 1. The Hall–Kier alpha value is -3.63. The molecule has 1 heterocycles. The van der Waals surface area contributed by atoms with Crippen LogP contribution in [0.25, 0.3) is 0 Å². The van der Waals surface area contributed by atoms with Crippen LogP contribution in [-0.2, 0) is 10.0 Å². The third-order valence-electron chi connectivity index (χ3n) is 6.08. The van der Waals surface area contributed by atoms with E-state index in [1.165, 1.54) is 17.7 Å². The van der Waals surface area contributed by atoms with Gasteiger partial charge in [0.25, 0.3) is 15.9 Å². The van der Waals surface area contributed by atoms with Gasteiger partial charge in [0, 0.05) is 18.7 Å². The van der Waals surface area contributed by atoms with E-state index in [1.807, 2.05) is 29.2 Å². The molecule has 0 atom stereocenters. The molecular weight excluding hydrogens is 434 g/mol. The molecule has 1 amide bonds. The van der Waals surface area contributed by atoms with E-state index in [9.17, 15) is 13.2 Å². The van der Waals surface area contributed by atoms with Crippen molar-refractivity contribution >= 4 is 21.6 Å². The first-order valence-corrected chi connectivity index (χ1v) is 12.3. The molecule has 7 heteroatoms. The van der Waals surface area contributed by atoms with E-state index in [0.717, 1.165) is 18.4 Å². The lowest BCUT2D eigenvalue weighted by atomic mass is 9.89. The van der Waals surface area contributed by atoms with E-state index in [2.05, 4.69) is 10.8 Å². The Kier molecular flexibility index (Phi) is 6.47. The van der Waals surface area contributed by atoms with Crippen molar-refractivity contribution in [3.05, 3.63) is 95.1 Å². The lowest BCUT2D eigenvalue weighted by Gasteiger charge is -2.32. The van der Waals surface area contributed by atoms with Crippen molar-refractivity contribution in [1.82, 2.24) is 4.90 Å². The predicted molar refractivity (Wildman–Crippen MR) is 127 cm³/mol. The van der Waals surface area contributed by atoms with Crippen LogP contribution >= 0.6 is 0 Å². The molecule has 0 bridgehead atoms. The van der Waals surface area contributed by atoms with Crippen molar-refractivity contribution in [3.63, 3.8) is 0 Å². The van der Waals surface area contributed by atoms with Gasteiger partial charge in [-0.2, -0.15) is 5.26 Å². The van der Waals surface area contributed by atoms with Gasteiger partial charge in [-0.3, -0.25) is 9.52 Å². The van der Waals surface area contributed by atoms with Crippen molar-refractivity contribution in [2.75, 3.05) is 17.8 Å². The third-order valence-corrected chi connectivity index (χ3v) is 7.46. The Balaban J connectivity index is 1.45. The number of benzene rings is 3. The molecule has 3 aromatic carbocycles. The number of nitriles is 1. The normalized spacial score (nSPS) is 14.5. The second-order valence-electron chi connectivity index (χ2n) is 8.25. The summed E-state index contributed by atoms with van der Waals surface area (Å²) >= 11 is 0. The topological polar surface area (TPSA) is 90.3 Å². The molecule has 0 aliphatic carbocycles. The number of carbonyl (C=O) groups excluding carboxylic acids is 1. The van der Waals surface area contributed by atoms with Crippen molar-refractivity contribution in [3.8, 4) is 6.07 Å². The molecule has 33 heavy (non-hydrogen) atoms. The summed E-state index contributed by atoms with van der Waals surface area (Å²) in [6.45, 7) is 3.06. The second kappa shape index (κ2) is 9.47. The summed E-state index contributed by atoms with van der Waals surface area (Å²) in [6, 6.07) is 23.1. The number of aryl methyl sites for hydroxylation is 1. The highest BCUT2D eigenvalue weighted by Gasteiger charge is 2.25. The van der Waals surface area contributed by atoms with E-state index in [4.69, 9.17) is 5.26 Å². The van der Waals surface area contributed by atoms with Crippen molar-refractivity contribution in [1.29, 1.82) is 5.26 Å². The summed E-state index contributed by atoms with van der Waals surface area (Å²) in [5, 5.41) is 8.97. The van der Waals surface area contributed by atoms with Crippen LogP contribution in [0.15, 0.2) is 77.7 Å². The summed E-state index contributed by atoms with van der Waals surface area (Å²) in [5.41, 5.74) is 3.43. The van der Waals surface area contributed by atoms with Gasteiger partial charge in [0.1, 0.15) is 0 Å². The van der Waals surface area contributed by atoms with Gasteiger partial charge in [0.05, 0.1) is 22.2 Å². The van der Waals surface area contributed by atoms with Crippen LogP contribution in [0.2, 0.25) is 0 Å². The molecular formula is C26H25N3O3S. The Morgan fingerprint density at radius 3 is 2.30 bits per heavy atom. The van der Waals surface area contributed by atoms with Crippen LogP contribution in [0.4, 0.5) is 5.69 Å². The zero-order valence-corrected chi connectivity index (χ0v) is 19.2. The minimum atomic E-state index is -3.74. The van der Waals surface area contributed by atoms with Gasteiger partial charge in [-0.1, -0.05) is 36.4 Å². The van der Waals surface area contributed by atoms with Crippen LogP contribution < -0.4 is 4.72 Å². The molecule has 0 radical (unpaired) electrons. The number of nitrogens with zero attached hydrogens (tertiary/aromatic N) is 2. The molecule has 1 fully saturated rings. The highest BCUT2D eigenvalue weighted by Crippen LogP contribution is 2.29. The highest BCUT2D eigenvalue weighted by atomic mass is 32.2. The first kappa shape index (κ1) is 22.6. The maximum absolute atomic E-state index is 13.1. The van der Waals surface area contributed by atoms with Gasteiger partial charge in [0.2, 0.25) is 0 Å². The van der Waals surface area contributed by atoms with Crippen LogP contribution in [0, 0.1) is 18.3 Å². The Labute approximate surface area is 194 Å². The smallest absolute Gasteiger partial charge is 0.261 e. The molecule has 1 aliphatic rings. The minimum Gasteiger partial charge on any atom is -0.339 e. The standard InChI is InChI=1S/C26H25N3O3S/c1-19-7-10-23(17-25(19)28-33(31,32)24-5-3-2-4-6-24)26(30)29-15-13-22(14-16-29)21-11-8-20(18-27)9-12-21/h2-12,17,22,28H,13-16H2,1H3. The molecule has 1 saturated heterocycles. The van der Waals surface area contributed by atoms with Gasteiger partial charge in [-0.05, 0) is 73.2 Å². The average molecular weight is 460 g/mol. The summed E-state index contributed by atoms with van der Waals surface area (Å²) in [7, 11) is -3.74. The summed E-state index contributed by atoms with van der Waals surface area (Å²) in [5.74, 6) is 0.251.